The van der Waals surface area contributed by atoms with Gasteiger partial charge < -0.3 is 5.11 Å². The topological polar surface area (TPSA) is 20.2 Å². The molecule has 0 radical (unpaired) electrons. The van der Waals surface area contributed by atoms with Crippen LogP contribution in [0.2, 0.25) is 0 Å². The molecule has 2 saturated carbocycles. The molecule has 0 amide bonds. The van der Waals surface area contributed by atoms with E-state index in [0.29, 0.717) is 16.7 Å². The van der Waals surface area contributed by atoms with E-state index >= 15 is 0 Å². The average molecular weight is 401 g/mol. The second kappa shape index (κ2) is 9.71. The maximum Gasteiger partial charge on any atom is 0.0577 e. The highest BCUT2D eigenvalue weighted by Crippen LogP contribution is 2.56. The van der Waals surface area contributed by atoms with Gasteiger partial charge in [0.2, 0.25) is 0 Å². The van der Waals surface area contributed by atoms with Crippen LogP contribution in [0.3, 0.4) is 0 Å². The average Bonchev–Trinajstić information content (AvgIpc) is 2.97. The Balaban J connectivity index is 1.65. The van der Waals surface area contributed by atoms with E-state index in [1.807, 2.05) is 0 Å². The fraction of sp³-hybridized carbons (Fsp3) is 0.857. The van der Waals surface area contributed by atoms with Crippen LogP contribution in [0.25, 0.3) is 0 Å². The third-order valence-corrected chi connectivity index (χ3v) is 9.47. The molecule has 2 fully saturated rings. The molecule has 3 aliphatic rings. The van der Waals surface area contributed by atoms with Crippen molar-refractivity contribution in [2.45, 2.75) is 124 Å². The molecule has 0 aromatic carbocycles. The number of rotatable bonds is 5. The molecule has 1 N–H and O–H groups in total. The van der Waals surface area contributed by atoms with Gasteiger partial charge in [-0.25, -0.2) is 0 Å². The largest absolute Gasteiger partial charge is 0.393 e. The molecule has 0 aromatic rings. The Labute approximate surface area is 181 Å². The zero-order chi connectivity index (χ0) is 21.1. The van der Waals surface area contributed by atoms with E-state index in [2.05, 4.69) is 46.8 Å². The Hall–Kier alpha value is -0.560. The van der Waals surface area contributed by atoms with E-state index in [0.717, 1.165) is 24.7 Å². The zero-order valence-corrected chi connectivity index (χ0v) is 20.1. The third kappa shape index (κ3) is 5.20. The summed E-state index contributed by atoms with van der Waals surface area (Å²) < 4.78 is 0. The van der Waals surface area contributed by atoms with Crippen LogP contribution >= 0.6 is 0 Å². The summed E-state index contributed by atoms with van der Waals surface area (Å²) >= 11 is 0. The van der Waals surface area contributed by atoms with Gasteiger partial charge in [0.1, 0.15) is 0 Å². The highest BCUT2D eigenvalue weighted by Gasteiger charge is 2.46. The van der Waals surface area contributed by atoms with E-state index in [-0.39, 0.29) is 6.10 Å². The molecule has 3 aliphatic carbocycles. The molecule has 0 saturated heterocycles. The van der Waals surface area contributed by atoms with Gasteiger partial charge in [0.05, 0.1) is 6.10 Å². The maximum absolute atomic E-state index is 10.2. The first-order chi connectivity index (χ1) is 13.8. The molecule has 1 heteroatoms. The lowest BCUT2D eigenvalue weighted by atomic mass is 9.63. The molecule has 3 rings (SSSR count). The third-order valence-electron chi connectivity index (χ3n) is 9.47. The number of allylic oxidation sites excluding steroid dienone is 3. The number of hydrogen-bond donors (Lipinski definition) is 1. The Morgan fingerprint density at radius 3 is 2.66 bits per heavy atom. The number of aliphatic hydroxyl groups excluding tert-OH is 1. The Bertz CT molecular complexity index is 599. The number of aliphatic hydroxyl groups is 1. The molecule has 0 heterocycles. The lowest BCUT2D eigenvalue weighted by molar-refractivity contribution is 0.0893. The van der Waals surface area contributed by atoms with Crippen molar-refractivity contribution in [3.05, 3.63) is 23.3 Å². The quantitative estimate of drug-likeness (QED) is 0.461. The van der Waals surface area contributed by atoms with Gasteiger partial charge in [-0.05, 0) is 113 Å². The van der Waals surface area contributed by atoms with Crippen LogP contribution in [-0.2, 0) is 0 Å². The van der Waals surface area contributed by atoms with Crippen molar-refractivity contribution in [2.75, 3.05) is 0 Å². The molecule has 1 nitrogen and oxygen atoms in total. The van der Waals surface area contributed by atoms with Crippen molar-refractivity contribution in [1.29, 1.82) is 0 Å². The van der Waals surface area contributed by atoms with Crippen molar-refractivity contribution >= 4 is 0 Å². The van der Waals surface area contributed by atoms with Gasteiger partial charge in [-0.2, -0.15) is 0 Å². The van der Waals surface area contributed by atoms with Gasteiger partial charge in [-0.3, -0.25) is 0 Å². The summed E-state index contributed by atoms with van der Waals surface area (Å²) in [6, 6.07) is 0. The minimum absolute atomic E-state index is 0.0914. The monoisotopic (exact) mass is 400 g/mol. The summed E-state index contributed by atoms with van der Waals surface area (Å²) in [7, 11) is 0. The van der Waals surface area contributed by atoms with Crippen LogP contribution in [0.15, 0.2) is 23.3 Å². The van der Waals surface area contributed by atoms with Crippen molar-refractivity contribution in [1.82, 2.24) is 0 Å². The molecule has 0 aromatic heterocycles. The molecule has 29 heavy (non-hydrogen) atoms. The summed E-state index contributed by atoms with van der Waals surface area (Å²) in [5.74, 6) is 2.55. The predicted molar refractivity (Wildman–Crippen MR) is 126 cm³/mol. The SMILES string of the molecule is CC=C(CCCC1CCC2CCC=C3CC(O)CCC3(C)CCCC21C)C(C)C. The smallest absolute Gasteiger partial charge is 0.0577 e. The normalized spacial score (nSPS) is 39.1. The van der Waals surface area contributed by atoms with E-state index in [9.17, 15) is 5.11 Å². The van der Waals surface area contributed by atoms with Gasteiger partial charge in [0, 0.05) is 0 Å². The van der Waals surface area contributed by atoms with Crippen LogP contribution in [0.1, 0.15) is 118 Å². The zero-order valence-electron chi connectivity index (χ0n) is 20.1. The number of fused-ring (bicyclic) bond motifs is 2. The van der Waals surface area contributed by atoms with Crippen LogP contribution < -0.4 is 0 Å². The summed E-state index contributed by atoms with van der Waals surface area (Å²) in [6.45, 7) is 12.1. The van der Waals surface area contributed by atoms with Crippen molar-refractivity contribution in [3.63, 3.8) is 0 Å². The Morgan fingerprint density at radius 1 is 1.14 bits per heavy atom. The standard InChI is InChI=1S/C28H48O/c1-6-22(21(2)3)10-7-11-23-14-15-24-12-8-13-25-20-26(29)16-19-27(25,4)17-9-18-28(23,24)5/h6,13,21,23-24,26,29H,7-12,14-20H2,1-5H3. The molecule has 166 valence electrons. The molecular formula is C28H48O. The summed E-state index contributed by atoms with van der Waals surface area (Å²) in [5.41, 5.74) is 4.15. The molecule has 5 atom stereocenters. The van der Waals surface area contributed by atoms with Crippen LogP contribution in [0.5, 0.6) is 0 Å². The van der Waals surface area contributed by atoms with E-state index in [1.165, 1.54) is 70.6 Å². The predicted octanol–water partition coefficient (Wildman–Crippen LogP) is 8.23. The van der Waals surface area contributed by atoms with Crippen LogP contribution in [0.4, 0.5) is 0 Å². The summed E-state index contributed by atoms with van der Waals surface area (Å²) in [6.07, 6.45) is 21.7. The molecule has 0 spiro atoms. The minimum atomic E-state index is -0.0914. The highest BCUT2D eigenvalue weighted by molar-refractivity contribution is 5.18. The molecule has 0 aliphatic heterocycles. The van der Waals surface area contributed by atoms with Gasteiger partial charge in [-0.1, -0.05) is 57.4 Å². The molecule has 0 bridgehead atoms. The first kappa shape index (κ1) is 23.1. The van der Waals surface area contributed by atoms with E-state index < -0.39 is 0 Å². The minimum Gasteiger partial charge on any atom is -0.393 e. The fourth-order valence-corrected chi connectivity index (χ4v) is 7.25. The van der Waals surface area contributed by atoms with E-state index in [1.54, 1.807) is 11.1 Å². The first-order valence-electron chi connectivity index (χ1n) is 12.8. The van der Waals surface area contributed by atoms with Gasteiger partial charge in [0.25, 0.3) is 0 Å². The van der Waals surface area contributed by atoms with Crippen LogP contribution in [-0.4, -0.2) is 11.2 Å². The van der Waals surface area contributed by atoms with Gasteiger partial charge in [-0.15, -0.1) is 0 Å². The Kier molecular flexibility index (Phi) is 7.74. The second-order valence-corrected chi connectivity index (χ2v) is 11.5. The fourth-order valence-electron chi connectivity index (χ4n) is 7.25. The molecule has 5 unspecified atom stereocenters. The Morgan fingerprint density at radius 2 is 1.93 bits per heavy atom. The highest BCUT2D eigenvalue weighted by atomic mass is 16.3. The van der Waals surface area contributed by atoms with Crippen molar-refractivity contribution in [2.24, 2.45) is 28.6 Å². The number of hydrogen-bond acceptors (Lipinski definition) is 1. The van der Waals surface area contributed by atoms with Crippen LogP contribution in [0, 0.1) is 28.6 Å². The van der Waals surface area contributed by atoms with Gasteiger partial charge >= 0.3 is 0 Å². The van der Waals surface area contributed by atoms with Gasteiger partial charge in [0.15, 0.2) is 0 Å². The summed E-state index contributed by atoms with van der Waals surface area (Å²) in [4.78, 5) is 0. The summed E-state index contributed by atoms with van der Waals surface area (Å²) in [5, 5.41) is 10.2. The lowest BCUT2D eigenvalue weighted by Crippen LogP contribution is -2.33. The van der Waals surface area contributed by atoms with Crippen molar-refractivity contribution in [3.8, 4) is 0 Å². The van der Waals surface area contributed by atoms with E-state index in [4.69, 9.17) is 0 Å². The molecular weight excluding hydrogens is 352 g/mol. The maximum atomic E-state index is 10.2. The first-order valence-corrected chi connectivity index (χ1v) is 12.8. The lowest BCUT2D eigenvalue weighted by Gasteiger charge is -2.43. The second-order valence-electron chi connectivity index (χ2n) is 11.5. The van der Waals surface area contributed by atoms with Crippen molar-refractivity contribution < 1.29 is 5.11 Å².